The lowest BCUT2D eigenvalue weighted by atomic mass is 10.0. The highest BCUT2D eigenvalue weighted by atomic mass is 16.7. The van der Waals surface area contributed by atoms with Gasteiger partial charge in [0.25, 0.3) is 0 Å². The van der Waals surface area contributed by atoms with Gasteiger partial charge in [-0.05, 0) is 23.3 Å². The standard InChI is InChI=1S/C18H20O5/c19-11-16-18(21)15(20)10-17(23-16)22-14-8-4-7-13(9-14)12-5-2-1-3-6-12/h1-9,15-21H,10-11H2. The molecule has 0 radical (unpaired) electrons. The van der Waals surface area contributed by atoms with Gasteiger partial charge in [-0.15, -0.1) is 0 Å². The smallest absolute Gasteiger partial charge is 0.202 e. The lowest BCUT2D eigenvalue weighted by Gasteiger charge is -2.36. The van der Waals surface area contributed by atoms with Gasteiger partial charge < -0.3 is 24.8 Å². The molecule has 1 heterocycles. The van der Waals surface area contributed by atoms with Crippen LogP contribution < -0.4 is 4.74 Å². The van der Waals surface area contributed by atoms with Crippen LogP contribution >= 0.6 is 0 Å². The summed E-state index contributed by atoms with van der Waals surface area (Å²) in [6.45, 7) is -0.373. The zero-order valence-electron chi connectivity index (χ0n) is 12.6. The summed E-state index contributed by atoms with van der Waals surface area (Å²) in [4.78, 5) is 0. The van der Waals surface area contributed by atoms with E-state index in [-0.39, 0.29) is 13.0 Å². The van der Waals surface area contributed by atoms with Crippen LogP contribution in [-0.2, 0) is 4.74 Å². The van der Waals surface area contributed by atoms with Crippen molar-refractivity contribution in [3.05, 3.63) is 54.6 Å². The maximum atomic E-state index is 9.84. The van der Waals surface area contributed by atoms with Crippen LogP contribution in [0.5, 0.6) is 5.75 Å². The van der Waals surface area contributed by atoms with Crippen LogP contribution in [0.25, 0.3) is 11.1 Å². The van der Waals surface area contributed by atoms with E-state index in [9.17, 15) is 15.3 Å². The second-order valence-electron chi connectivity index (χ2n) is 5.59. The van der Waals surface area contributed by atoms with E-state index in [0.29, 0.717) is 5.75 Å². The molecule has 3 rings (SSSR count). The molecule has 5 heteroatoms. The molecular formula is C18H20O5. The highest BCUT2D eigenvalue weighted by Gasteiger charge is 2.37. The van der Waals surface area contributed by atoms with Crippen molar-refractivity contribution in [1.82, 2.24) is 0 Å². The van der Waals surface area contributed by atoms with Crippen LogP contribution in [0.3, 0.4) is 0 Å². The second-order valence-corrected chi connectivity index (χ2v) is 5.59. The molecule has 3 N–H and O–H groups in total. The van der Waals surface area contributed by atoms with Crippen LogP contribution in [0, 0.1) is 0 Å². The SMILES string of the molecule is OCC1OC(Oc2cccc(-c3ccccc3)c2)CC(O)C1O. The van der Waals surface area contributed by atoms with Gasteiger partial charge >= 0.3 is 0 Å². The monoisotopic (exact) mass is 316 g/mol. The van der Waals surface area contributed by atoms with Crippen molar-refractivity contribution >= 4 is 0 Å². The molecule has 0 spiro atoms. The fraction of sp³-hybridized carbons (Fsp3) is 0.333. The molecule has 0 bridgehead atoms. The maximum absolute atomic E-state index is 9.84. The van der Waals surface area contributed by atoms with E-state index >= 15 is 0 Å². The average Bonchev–Trinajstić information content (AvgIpc) is 2.59. The van der Waals surface area contributed by atoms with Gasteiger partial charge in [-0.1, -0.05) is 42.5 Å². The van der Waals surface area contributed by atoms with E-state index in [0.717, 1.165) is 11.1 Å². The predicted octanol–water partition coefficient (Wildman–Crippen LogP) is 1.56. The number of aliphatic hydroxyl groups is 3. The summed E-state index contributed by atoms with van der Waals surface area (Å²) in [7, 11) is 0. The Labute approximate surface area is 134 Å². The fourth-order valence-electron chi connectivity index (χ4n) is 2.67. The molecule has 0 aromatic heterocycles. The predicted molar refractivity (Wildman–Crippen MR) is 84.9 cm³/mol. The van der Waals surface area contributed by atoms with Crippen LogP contribution in [0.15, 0.2) is 54.6 Å². The van der Waals surface area contributed by atoms with Crippen LogP contribution in [0.1, 0.15) is 6.42 Å². The van der Waals surface area contributed by atoms with Gasteiger partial charge in [0.2, 0.25) is 6.29 Å². The van der Waals surface area contributed by atoms with Crippen LogP contribution in [0.2, 0.25) is 0 Å². The van der Waals surface area contributed by atoms with Gasteiger partial charge in [0.05, 0.1) is 12.7 Å². The summed E-state index contributed by atoms with van der Waals surface area (Å²) in [5.41, 5.74) is 2.09. The Bertz CT molecular complexity index is 630. The summed E-state index contributed by atoms with van der Waals surface area (Å²) in [6, 6.07) is 17.5. The Kier molecular flexibility index (Phi) is 4.93. The lowest BCUT2D eigenvalue weighted by Crippen LogP contribution is -2.51. The lowest BCUT2D eigenvalue weighted by molar-refractivity contribution is -0.229. The van der Waals surface area contributed by atoms with E-state index in [1.807, 2.05) is 48.5 Å². The zero-order chi connectivity index (χ0) is 16.2. The first-order valence-electron chi connectivity index (χ1n) is 7.62. The minimum Gasteiger partial charge on any atom is -0.465 e. The highest BCUT2D eigenvalue weighted by molar-refractivity contribution is 5.64. The highest BCUT2D eigenvalue weighted by Crippen LogP contribution is 2.27. The Hall–Kier alpha value is -1.92. The van der Waals surface area contributed by atoms with Crippen molar-refractivity contribution < 1.29 is 24.8 Å². The first-order chi connectivity index (χ1) is 11.2. The Morgan fingerprint density at radius 1 is 1.00 bits per heavy atom. The normalized spacial score (nSPS) is 27.6. The molecule has 4 atom stereocenters. The van der Waals surface area contributed by atoms with E-state index in [1.54, 1.807) is 6.07 Å². The molecule has 4 unspecified atom stereocenters. The van der Waals surface area contributed by atoms with E-state index in [2.05, 4.69) is 0 Å². The minimum absolute atomic E-state index is 0.146. The summed E-state index contributed by atoms with van der Waals surface area (Å²) in [6.07, 6.45) is -3.50. The molecule has 0 amide bonds. The molecule has 1 saturated heterocycles. The Morgan fingerprint density at radius 3 is 2.48 bits per heavy atom. The van der Waals surface area contributed by atoms with Crippen LogP contribution in [-0.4, -0.2) is 46.5 Å². The topological polar surface area (TPSA) is 79.2 Å². The van der Waals surface area contributed by atoms with Crippen molar-refractivity contribution in [2.45, 2.75) is 31.0 Å². The molecule has 1 fully saturated rings. The van der Waals surface area contributed by atoms with Gasteiger partial charge in [0.1, 0.15) is 18.0 Å². The number of hydrogen-bond donors (Lipinski definition) is 3. The third-order valence-corrected chi connectivity index (χ3v) is 3.92. The average molecular weight is 316 g/mol. The van der Waals surface area contributed by atoms with Gasteiger partial charge in [0.15, 0.2) is 0 Å². The molecular weight excluding hydrogens is 296 g/mol. The number of hydrogen-bond acceptors (Lipinski definition) is 5. The van der Waals surface area contributed by atoms with Crippen molar-refractivity contribution in [3.63, 3.8) is 0 Å². The van der Waals surface area contributed by atoms with Gasteiger partial charge in [-0.2, -0.15) is 0 Å². The zero-order valence-corrected chi connectivity index (χ0v) is 12.6. The summed E-state index contributed by atoms with van der Waals surface area (Å²) in [5.74, 6) is 0.608. The number of aliphatic hydroxyl groups excluding tert-OH is 3. The van der Waals surface area contributed by atoms with E-state index < -0.39 is 24.6 Å². The summed E-state index contributed by atoms with van der Waals surface area (Å²) < 4.78 is 11.2. The van der Waals surface area contributed by atoms with Crippen molar-refractivity contribution in [1.29, 1.82) is 0 Å². The fourth-order valence-corrected chi connectivity index (χ4v) is 2.67. The molecule has 0 aliphatic carbocycles. The van der Waals surface area contributed by atoms with Crippen molar-refractivity contribution in [2.24, 2.45) is 0 Å². The number of ether oxygens (including phenoxy) is 2. The third-order valence-electron chi connectivity index (χ3n) is 3.92. The second kappa shape index (κ2) is 7.10. The van der Waals surface area contributed by atoms with Gasteiger partial charge in [-0.25, -0.2) is 0 Å². The summed E-state index contributed by atoms with van der Waals surface area (Å²) >= 11 is 0. The molecule has 2 aromatic rings. The first-order valence-corrected chi connectivity index (χ1v) is 7.62. The van der Waals surface area contributed by atoms with Gasteiger partial charge in [-0.3, -0.25) is 0 Å². The van der Waals surface area contributed by atoms with Crippen LogP contribution in [0.4, 0.5) is 0 Å². The number of benzene rings is 2. The van der Waals surface area contributed by atoms with Crippen molar-refractivity contribution in [2.75, 3.05) is 6.61 Å². The van der Waals surface area contributed by atoms with E-state index in [1.165, 1.54) is 0 Å². The maximum Gasteiger partial charge on any atom is 0.202 e. The summed E-state index contributed by atoms with van der Waals surface area (Å²) in [5, 5.41) is 28.8. The minimum atomic E-state index is -1.10. The molecule has 0 saturated carbocycles. The molecule has 1 aliphatic heterocycles. The molecule has 5 nitrogen and oxygen atoms in total. The van der Waals surface area contributed by atoms with E-state index in [4.69, 9.17) is 9.47 Å². The Morgan fingerprint density at radius 2 is 1.74 bits per heavy atom. The van der Waals surface area contributed by atoms with Crippen molar-refractivity contribution in [3.8, 4) is 16.9 Å². The molecule has 1 aliphatic rings. The molecule has 23 heavy (non-hydrogen) atoms. The third kappa shape index (κ3) is 3.71. The quantitative estimate of drug-likeness (QED) is 0.798. The van der Waals surface area contributed by atoms with Gasteiger partial charge in [0, 0.05) is 6.42 Å². The molecule has 122 valence electrons. The molecule has 2 aromatic carbocycles. The number of rotatable bonds is 4. The largest absolute Gasteiger partial charge is 0.465 e. The Balaban J connectivity index is 1.73. The first kappa shape index (κ1) is 16.0.